The van der Waals surface area contributed by atoms with Crippen LogP contribution in [0.2, 0.25) is 0 Å². The van der Waals surface area contributed by atoms with Gasteiger partial charge in [0.25, 0.3) is 0 Å². The van der Waals surface area contributed by atoms with Crippen molar-refractivity contribution in [2.45, 2.75) is 13.5 Å². The maximum Gasteiger partial charge on any atom is 0.179 e. The number of aryl methyl sites for hydroxylation is 1. The van der Waals surface area contributed by atoms with Crippen LogP contribution in [0.1, 0.15) is 17.3 Å². The molecule has 1 aromatic rings. The second-order valence-electron chi connectivity index (χ2n) is 2.88. The summed E-state index contributed by atoms with van der Waals surface area (Å²) in [6, 6.07) is 3.76. The van der Waals surface area contributed by atoms with Crippen molar-refractivity contribution >= 4 is 17.5 Å². The summed E-state index contributed by atoms with van der Waals surface area (Å²) < 4.78 is 2.05. The van der Waals surface area contributed by atoms with E-state index in [1.807, 2.05) is 29.1 Å². The lowest BCUT2D eigenvalue weighted by Gasteiger charge is -1.96. The Hall–Kier alpha value is -0.830. The number of carbonyl (C=O) groups excluding carboxylic acids is 1. The standard InChI is InChI=1S/C10H14NOS/c1-9(12)10-4-3-5-11(8-10)6-7-13-2/h3-5,8H,6-7H2,1-2H3/q+1. The SMILES string of the molecule is CSCC[n+]1cccc(C(C)=O)c1. The van der Waals surface area contributed by atoms with Crippen molar-refractivity contribution in [2.24, 2.45) is 0 Å². The van der Waals surface area contributed by atoms with Crippen LogP contribution >= 0.6 is 11.8 Å². The van der Waals surface area contributed by atoms with E-state index < -0.39 is 0 Å². The van der Waals surface area contributed by atoms with E-state index in [9.17, 15) is 4.79 Å². The number of ketones is 1. The zero-order chi connectivity index (χ0) is 9.68. The molecule has 0 amide bonds. The summed E-state index contributed by atoms with van der Waals surface area (Å²) >= 11 is 1.80. The maximum atomic E-state index is 11.1. The lowest BCUT2D eigenvalue weighted by molar-refractivity contribution is -0.692. The Bertz CT molecular complexity index is 299. The monoisotopic (exact) mass is 196 g/mol. The minimum absolute atomic E-state index is 0.124. The smallest absolute Gasteiger partial charge is 0.179 e. The van der Waals surface area contributed by atoms with E-state index in [1.165, 1.54) is 0 Å². The van der Waals surface area contributed by atoms with Gasteiger partial charge in [0.1, 0.15) is 0 Å². The van der Waals surface area contributed by atoms with E-state index >= 15 is 0 Å². The van der Waals surface area contributed by atoms with Gasteiger partial charge in [0.2, 0.25) is 0 Å². The number of nitrogens with zero attached hydrogens (tertiary/aromatic N) is 1. The van der Waals surface area contributed by atoms with Crippen molar-refractivity contribution in [1.82, 2.24) is 0 Å². The molecule has 0 spiro atoms. The molecule has 0 bridgehead atoms. The fourth-order valence-corrected chi connectivity index (χ4v) is 1.46. The third kappa shape index (κ3) is 3.19. The summed E-state index contributed by atoms with van der Waals surface area (Å²) in [5.41, 5.74) is 0.781. The highest BCUT2D eigenvalue weighted by Crippen LogP contribution is 1.96. The molecule has 0 saturated heterocycles. The first-order valence-corrected chi connectivity index (χ1v) is 5.62. The van der Waals surface area contributed by atoms with Gasteiger partial charge in [-0.05, 0) is 19.2 Å². The molecule has 1 heterocycles. The van der Waals surface area contributed by atoms with E-state index in [0.29, 0.717) is 0 Å². The minimum atomic E-state index is 0.124. The van der Waals surface area contributed by atoms with E-state index in [-0.39, 0.29) is 5.78 Å². The normalized spacial score (nSPS) is 10.0. The predicted molar refractivity (Wildman–Crippen MR) is 55.0 cm³/mol. The number of aromatic nitrogens is 1. The van der Waals surface area contributed by atoms with Crippen LogP contribution in [0.3, 0.4) is 0 Å². The van der Waals surface area contributed by atoms with E-state index in [2.05, 4.69) is 6.26 Å². The van der Waals surface area contributed by atoms with Crippen LogP contribution in [0.5, 0.6) is 0 Å². The van der Waals surface area contributed by atoms with Crippen LogP contribution in [-0.4, -0.2) is 17.8 Å². The van der Waals surface area contributed by atoms with Gasteiger partial charge in [0.15, 0.2) is 24.7 Å². The topological polar surface area (TPSA) is 20.9 Å². The van der Waals surface area contributed by atoms with Crippen molar-refractivity contribution in [1.29, 1.82) is 0 Å². The summed E-state index contributed by atoms with van der Waals surface area (Å²) in [5.74, 6) is 1.20. The molecule has 0 saturated carbocycles. The van der Waals surface area contributed by atoms with Gasteiger partial charge in [-0.25, -0.2) is 4.57 Å². The summed E-state index contributed by atoms with van der Waals surface area (Å²) in [7, 11) is 0. The molecule has 0 atom stereocenters. The van der Waals surface area contributed by atoms with Gasteiger partial charge in [0.05, 0.1) is 11.3 Å². The molecule has 0 aromatic carbocycles. The zero-order valence-electron chi connectivity index (χ0n) is 7.99. The van der Waals surface area contributed by atoms with Crippen molar-refractivity contribution in [2.75, 3.05) is 12.0 Å². The highest BCUT2D eigenvalue weighted by molar-refractivity contribution is 7.98. The van der Waals surface area contributed by atoms with Crippen LogP contribution in [0, 0.1) is 0 Å². The fraction of sp³-hybridized carbons (Fsp3) is 0.400. The Morgan fingerprint density at radius 2 is 2.38 bits per heavy atom. The van der Waals surface area contributed by atoms with Crippen molar-refractivity contribution < 1.29 is 9.36 Å². The molecule has 3 heteroatoms. The molecule has 0 unspecified atom stereocenters. The van der Waals surface area contributed by atoms with E-state index in [4.69, 9.17) is 0 Å². The average Bonchev–Trinajstić information content (AvgIpc) is 2.15. The highest BCUT2D eigenvalue weighted by Gasteiger charge is 2.04. The first-order valence-electron chi connectivity index (χ1n) is 4.23. The molecular weight excluding hydrogens is 182 g/mol. The molecule has 0 aliphatic heterocycles. The van der Waals surface area contributed by atoms with Crippen LogP contribution in [0.25, 0.3) is 0 Å². The van der Waals surface area contributed by atoms with Crippen LogP contribution in [-0.2, 0) is 6.54 Å². The second-order valence-corrected chi connectivity index (χ2v) is 3.87. The largest absolute Gasteiger partial charge is 0.294 e. The van der Waals surface area contributed by atoms with Crippen LogP contribution < -0.4 is 4.57 Å². The molecule has 0 aliphatic carbocycles. The molecule has 1 aromatic heterocycles. The molecule has 0 aliphatic rings. The van der Waals surface area contributed by atoms with E-state index in [1.54, 1.807) is 18.7 Å². The molecule has 1 rings (SSSR count). The second kappa shape index (κ2) is 5.02. The predicted octanol–water partition coefficient (Wildman–Crippen LogP) is 1.54. The van der Waals surface area contributed by atoms with Gasteiger partial charge in [-0.1, -0.05) is 0 Å². The molecule has 2 nitrogen and oxygen atoms in total. The highest BCUT2D eigenvalue weighted by atomic mass is 32.2. The van der Waals surface area contributed by atoms with Gasteiger partial charge in [-0.3, -0.25) is 4.79 Å². The van der Waals surface area contributed by atoms with Crippen LogP contribution in [0.4, 0.5) is 0 Å². The Morgan fingerprint density at radius 3 is 3.00 bits per heavy atom. The van der Waals surface area contributed by atoms with Crippen molar-refractivity contribution in [3.8, 4) is 0 Å². The third-order valence-corrected chi connectivity index (χ3v) is 2.41. The average molecular weight is 196 g/mol. The molecule has 70 valence electrons. The molecule has 0 radical (unpaired) electrons. The number of thioether (sulfide) groups is 1. The first-order chi connectivity index (χ1) is 6.24. The summed E-state index contributed by atoms with van der Waals surface area (Å²) in [5, 5.41) is 0. The summed E-state index contributed by atoms with van der Waals surface area (Å²) in [4.78, 5) is 11.1. The molecular formula is C10H14NOS+. The van der Waals surface area contributed by atoms with Crippen LogP contribution in [0.15, 0.2) is 24.5 Å². The first kappa shape index (κ1) is 10.3. The summed E-state index contributed by atoms with van der Waals surface area (Å²) in [6.45, 7) is 2.55. The summed E-state index contributed by atoms with van der Waals surface area (Å²) in [6.07, 6.45) is 5.97. The number of Topliss-reactive ketones (excluding diaryl/α,β-unsaturated/α-hetero) is 1. The number of carbonyl (C=O) groups is 1. The fourth-order valence-electron chi connectivity index (χ4n) is 1.07. The third-order valence-electron chi connectivity index (χ3n) is 1.82. The Kier molecular flexibility index (Phi) is 3.96. The molecule has 0 fully saturated rings. The van der Waals surface area contributed by atoms with Gasteiger partial charge < -0.3 is 0 Å². The van der Waals surface area contributed by atoms with Gasteiger partial charge in [-0.2, -0.15) is 11.8 Å². The maximum absolute atomic E-state index is 11.1. The molecule has 0 N–H and O–H groups in total. The van der Waals surface area contributed by atoms with Gasteiger partial charge in [-0.15, -0.1) is 0 Å². The Morgan fingerprint density at radius 1 is 1.62 bits per heavy atom. The minimum Gasteiger partial charge on any atom is -0.294 e. The zero-order valence-corrected chi connectivity index (χ0v) is 8.80. The quantitative estimate of drug-likeness (QED) is 0.538. The van der Waals surface area contributed by atoms with Gasteiger partial charge in [0, 0.05) is 6.07 Å². The lowest BCUT2D eigenvalue weighted by atomic mass is 10.2. The van der Waals surface area contributed by atoms with E-state index in [0.717, 1.165) is 17.9 Å². The Balaban J connectivity index is 2.73. The number of hydrogen-bond acceptors (Lipinski definition) is 2. The number of pyridine rings is 1. The number of rotatable bonds is 4. The van der Waals surface area contributed by atoms with Gasteiger partial charge >= 0.3 is 0 Å². The molecule has 13 heavy (non-hydrogen) atoms. The van der Waals surface area contributed by atoms with Crippen molar-refractivity contribution in [3.63, 3.8) is 0 Å². The lowest BCUT2D eigenvalue weighted by Crippen LogP contribution is -2.34. The number of hydrogen-bond donors (Lipinski definition) is 0. The Labute approximate surface area is 83.0 Å². The van der Waals surface area contributed by atoms with Crippen molar-refractivity contribution in [3.05, 3.63) is 30.1 Å².